The van der Waals surface area contributed by atoms with Crippen LogP contribution in [0, 0.1) is 6.92 Å². The van der Waals surface area contributed by atoms with Gasteiger partial charge in [0.1, 0.15) is 5.75 Å². The molecule has 0 amide bonds. The molecule has 0 saturated carbocycles. The van der Waals surface area contributed by atoms with Crippen LogP contribution in [0.3, 0.4) is 0 Å². The summed E-state index contributed by atoms with van der Waals surface area (Å²) < 4.78 is 5.18. The molecule has 140 valence electrons. The highest BCUT2D eigenvalue weighted by Crippen LogP contribution is 2.26. The molecule has 1 unspecified atom stereocenters. The van der Waals surface area contributed by atoms with E-state index in [0.29, 0.717) is 11.3 Å². The molecular weight excluding hydrogens is 380 g/mol. The van der Waals surface area contributed by atoms with Gasteiger partial charge in [-0.15, -0.1) is 0 Å². The topological polar surface area (TPSA) is 43.4 Å². The van der Waals surface area contributed by atoms with E-state index in [0.717, 1.165) is 24.8 Å². The van der Waals surface area contributed by atoms with Crippen molar-refractivity contribution >= 4 is 27.7 Å². The number of carbonyl (C=O) groups excluding carboxylic acids is 2. The van der Waals surface area contributed by atoms with Crippen LogP contribution in [0.1, 0.15) is 87.6 Å². The zero-order chi connectivity index (χ0) is 18.7. The third-order valence-electron chi connectivity index (χ3n) is 4.25. The van der Waals surface area contributed by atoms with Gasteiger partial charge in [0.2, 0.25) is 0 Å². The monoisotopic (exact) mass is 410 g/mol. The number of alkyl halides is 1. The van der Waals surface area contributed by atoms with Gasteiger partial charge in [0, 0.05) is 6.92 Å². The standard InChI is InChI=1S/C21H31BrO3/c1-4-5-6-7-8-9-10-11-12-19(22)21(24)18-15-16(2)13-14-20(18)25-17(3)23/h13-15,19H,4-12H2,1-3H3. The minimum absolute atomic E-state index is 0.0112. The maximum Gasteiger partial charge on any atom is 0.308 e. The van der Waals surface area contributed by atoms with Crippen molar-refractivity contribution in [3.05, 3.63) is 29.3 Å². The number of aryl methyl sites for hydroxylation is 1. The average Bonchev–Trinajstić information content (AvgIpc) is 2.57. The molecule has 0 N–H and O–H groups in total. The minimum Gasteiger partial charge on any atom is -0.426 e. The van der Waals surface area contributed by atoms with Gasteiger partial charge < -0.3 is 4.74 Å². The van der Waals surface area contributed by atoms with E-state index in [1.54, 1.807) is 12.1 Å². The molecule has 1 aromatic carbocycles. The number of rotatable bonds is 12. The highest BCUT2D eigenvalue weighted by atomic mass is 79.9. The van der Waals surface area contributed by atoms with E-state index in [-0.39, 0.29) is 10.6 Å². The highest BCUT2D eigenvalue weighted by molar-refractivity contribution is 9.10. The predicted molar refractivity (Wildman–Crippen MR) is 107 cm³/mol. The maximum absolute atomic E-state index is 12.7. The maximum atomic E-state index is 12.7. The molecular formula is C21H31BrO3. The van der Waals surface area contributed by atoms with E-state index in [1.165, 1.54) is 45.4 Å². The number of carbonyl (C=O) groups is 2. The Labute approximate surface area is 160 Å². The summed E-state index contributed by atoms with van der Waals surface area (Å²) in [5, 5.41) is 0. The normalized spacial score (nSPS) is 12.0. The number of esters is 1. The molecule has 0 aliphatic carbocycles. The van der Waals surface area contributed by atoms with Gasteiger partial charge in [0.25, 0.3) is 0 Å². The van der Waals surface area contributed by atoms with Crippen LogP contribution < -0.4 is 4.74 Å². The Bertz CT molecular complexity index is 554. The van der Waals surface area contributed by atoms with Crippen LogP contribution in [0.2, 0.25) is 0 Å². The molecule has 4 heteroatoms. The molecule has 0 bridgehead atoms. The van der Waals surface area contributed by atoms with E-state index in [1.807, 2.05) is 13.0 Å². The molecule has 0 saturated heterocycles. The van der Waals surface area contributed by atoms with Gasteiger partial charge in [-0.2, -0.15) is 0 Å². The van der Waals surface area contributed by atoms with Gasteiger partial charge in [-0.05, 0) is 25.5 Å². The van der Waals surface area contributed by atoms with Crippen LogP contribution in [0.15, 0.2) is 18.2 Å². The number of ketones is 1. The zero-order valence-electron chi connectivity index (χ0n) is 15.8. The van der Waals surface area contributed by atoms with Crippen LogP contribution >= 0.6 is 15.9 Å². The summed E-state index contributed by atoms with van der Waals surface area (Å²) in [6, 6.07) is 5.33. The van der Waals surface area contributed by atoms with E-state index in [9.17, 15) is 9.59 Å². The van der Waals surface area contributed by atoms with Gasteiger partial charge in [-0.3, -0.25) is 9.59 Å². The molecule has 3 nitrogen and oxygen atoms in total. The third kappa shape index (κ3) is 8.66. The van der Waals surface area contributed by atoms with Gasteiger partial charge in [-0.1, -0.05) is 85.9 Å². The van der Waals surface area contributed by atoms with Crippen molar-refractivity contribution in [3.8, 4) is 5.75 Å². The summed E-state index contributed by atoms with van der Waals surface area (Å²) in [7, 11) is 0. The summed E-state index contributed by atoms with van der Waals surface area (Å²) in [6.45, 7) is 5.50. The van der Waals surface area contributed by atoms with Crippen molar-refractivity contribution in [1.82, 2.24) is 0 Å². The third-order valence-corrected chi connectivity index (χ3v) is 5.12. The van der Waals surface area contributed by atoms with E-state index >= 15 is 0 Å². The molecule has 1 rings (SSSR count). The van der Waals surface area contributed by atoms with Crippen molar-refractivity contribution in [3.63, 3.8) is 0 Å². The van der Waals surface area contributed by atoms with E-state index in [2.05, 4.69) is 22.9 Å². The Morgan fingerprint density at radius 3 is 2.24 bits per heavy atom. The highest BCUT2D eigenvalue weighted by Gasteiger charge is 2.21. The van der Waals surface area contributed by atoms with Crippen LogP contribution in [0.25, 0.3) is 0 Å². The Balaban J connectivity index is 2.45. The SMILES string of the molecule is CCCCCCCCCCC(Br)C(=O)c1cc(C)ccc1OC(C)=O. The summed E-state index contributed by atoms with van der Waals surface area (Å²) in [4.78, 5) is 23.7. The first-order chi connectivity index (χ1) is 12.0. The van der Waals surface area contributed by atoms with E-state index < -0.39 is 5.97 Å². The second-order valence-corrected chi connectivity index (χ2v) is 7.79. The molecule has 0 aliphatic rings. The summed E-state index contributed by atoms with van der Waals surface area (Å²) in [5.74, 6) is -0.0709. The number of hydrogen-bond donors (Lipinski definition) is 0. The van der Waals surface area contributed by atoms with Crippen molar-refractivity contribution in [2.45, 2.75) is 83.4 Å². The molecule has 0 aromatic heterocycles. The van der Waals surface area contributed by atoms with Gasteiger partial charge >= 0.3 is 5.97 Å². The average molecular weight is 411 g/mol. The number of ether oxygens (including phenoxy) is 1. The molecule has 0 heterocycles. The lowest BCUT2D eigenvalue weighted by Crippen LogP contribution is -2.16. The Hall–Kier alpha value is -1.16. The van der Waals surface area contributed by atoms with Crippen LogP contribution in [0.5, 0.6) is 5.75 Å². The lowest BCUT2D eigenvalue weighted by Gasteiger charge is -2.13. The molecule has 0 spiro atoms. The number of halogens is 1. The fraction of sp³-hybridized carbons (Fsp3) is 0.619. The molecule has 25 heavy (non-hydrogen) atoms. The largest absolute Gasteiger partial charge is 0.426 e. The predicted octanol–water partition coefficient (Wildman–Crippen LogP) is 6.40. The number of benzene rings is 1. The number of hydrogen-bond acceptors (Lipinski definition) is 3. The molecule has 0 aliphatic heterocycles. The summed E-state index contributed by atoms with van der Waals surface area (Å²) in [5.41, 5.74) is 1.46. The fourth-order valence-corrected chi connectivity index (χ4v) is 3.41. The summed E-state index contributed by atoms with van der Waals surface area (Å²) >= 11 is 3.52. The molecule has 0 radical (unpaired) electrons. The first-order valence-corrected chi connectivity index (χ1v) is 10.3. The van der Waals surface area contributed by atoms with Crippen LogP contribution in [-0.4, -0.2) is 16.6 Å². The van der Waals surface area contributed by atoms with Crippen molar-refractivity contribution < 1.29 is 14.3 Å². The van der Waals surface area contributed by atoms with Gasteiger partial charge in [0.05, 0.1) is 10.4 Å². The Morgan fingerprint density at radius 2 is 1.64 bits per heavy atom. The molecule has 1 aromatic rings. The van der Waals surface area contributed by atoms with Crippen molar-refractivity contribution in [2.24, 2.45) is 0 Å². The smallest absolute Gasteiger partial charge is 0.308 e. The Morgan fingerprint density at radius 1 is 1.04 bits per heavy atom. The number of unbranched alkanes of at least 4 members (excludes halogenated alkanes) is 7. The zero-order valence-corrected chi connectivity index (χ0v) is 17.4. The molecule has 1 atom stereocenters. The first kappa shape index (κ1) is 21.9. The fourth-order valence-electron chi connectivity index (χ4n) is 2.84. The van der Waals surface area contributed by atoms with Crippen molar-refractivity contribution in [1.29, 1.82) is 0 Å². The van der Waals surface area contributed by atoms with Gasteiger partial charge in [-0.25, -0.2) is 0 Å². The minimum atomic E-state index is -0.410. The van der Waals surface area contributed by atoms with E-state index in [4.69, 9.17) is 4.74 Å². The molecule has 0 fully saturated rings. The first-order valence-electron chi connectivity index (χ1n) is 9.43. The summed E-state index contributed by atoms with van der Waals surface area (Å²) in [6.07, 6.45) is 10.8. The Kier molecular flexibility index (Phi) is 10.7. The second-order valence-electron chi connectivity index (χ2n) is 6.69. The van der Waals surface area contributed by atoms with Gasteiger partial charge in [0.15, 0.2) is 5.78 Å². The van der Waals surface area contributed by atoms with Crippen LogP contribution in [0.4, 0.5) is 0 Å². The second kappa shape index (κ2) is 12.2. The van der Waals surface area contributed by atoms with Crippen LogP contribution in [-0.2, 0) is 4.79 Å². The lowest BCUT2D eigenvalue weighted by atomic mass is 10.0. The number of Topliss-reactive ketones (excluding diaryl/α,β-unsaturated/α-hetero) is 1. The quantitative estimate of drug-likeness (QED) is 0.131. The van der Waals surface area contributed by atoms with Crippen molar-refractivity contribution in [2.75, 3.05) is 0 Å². The lowest BCUT2D eigenvalue weighted by molar-refractivity contribution is -0.131.